The third-order valence-corrected chi connectivity index (χ3v) is 6.69. The van der Waals surface area contributed by atoms with E-state index in [1.165, 1.54) is 6.07 Å². The minimum Gasteiger partial charge on any atom is -0.329 e. The van der Waals surface area contributed by atoms with E-state index in [2.05, 4.69) is 20.7 Å². The van der Waals surface area contributed by atoms with Crippen LogP contribution in [0.25, 0.3) is 0 Å². The summed E-state index contributed by atoms with van der Waals surface area (Å²) >= 11 is 10.1. The quantitative estimate of drug-likeness (QED) is 0.846. The van der Waals surface area contributed by atoms with Gasteiger partial charge in [0.15, 0.2) is 0 Å². The standard InChI is InChI=1S/C9H14BrClN2O2S2/c1-5(2)7(4-12)13-17(14,15)8-3-6(11)9(10)16-8/h3,5,7,13H,4,12H2,1-2H3. The van der Waals surface area contributed by atoms with Gasteiger partial charge in [-0.05, 0) is 27.9 Å². The summed E-state index contributed by atoms with van der Waals surface area (Å²) in [7, 11) is -3.54. The molecule has 3 N–H and O–H groups in total. The second-order valence-corrected chi connectivity index (χ2v) is 8.61. The van der Waals surface area contributed by atoms with E-state index in [1.54, 1.807) is 0 Å². The molecule has 0 saturated carbocycles. The predicted octanol–water partition coefficient (Wildman–Crippen LogP) is 2.43. The largest absolute Gasteiger partial charge is 0.329 e. The first-order valence-electron chi connectivity index (χ1n) is 4.95. The van der Waals surface area contributed by atoms with Crippen LogP contribution in [0.3, 0.4) is 0 Å². The Bertz CT molecular complexity index is 468. The molecule has 0 fully saturated rings. The first-order chi connectivity index (χ1) is 7.77. The van der Waals surface area contributed by atoms with Gasteiger partial charge in [-0.1, -0.05) is 25.4 Å². The van der Waals surface area contributed by atoms with E-state index >= 15 is 0 Å². The van der Waals surface area contributed by atoms with Crippen molar-refractivity contribution in [2.24, 2.45) is 11.7 Å². The molecule has 1 aromatic rings. The van der Waals surface area contributed by atoms with Crippen molar-refractivity contribution in [3.63, 3.8) is 0 Å². The Morgan fingerprint density at radius 2 is 2.18 bits per heavy atom. The maximum atomic E-state index is 12.0. The molecule has 0 radical (unpaired) electrons. The molecule has 0 aliphatic carbocycles. The molecule has 0 aromatic carbocycles. The molecule has 4 nitrogen and oxygen atoms in total. The summed E-state index contributed by atoms with van der Waals surface area (Å²) in [5.74, 6) is 0.133. The maximum absolute atomic E-state index is 12.0. The average Bonchev–Trinajstić information content (AvgIpc) is 2.56. The predicted molar refractivity (Wildman–Crippen MR) is 75.0 cm³/mol. The Kier molecular flexibility index (Phi) is 5.42. The van der Waals surface area contributed by atoms with E-state index in [9.17, 15) is 8.42 Å². The third kappa shape index (κ3) is 3.90. The van der Waals surface area contributed by atoms with E-state index < -0.39 is 10.0 Å². The van der Waals surface area contributed by atoms with Gasteiger partial charge in [-0.15, -0.1) is 11.3 Å². The summed E-state index contributed by atoms with van der Waals surface area (Å²) < 4.78 is 27.4. The van der Waals surface area contributed by atoms with Crippen molar-refractivity contribution >= 4 is 48.9 Å². The van der Waals surface area contributed by atoms with Crippen LogP contribution in [0.1, 0.15) is 13.8 Å². The zero-order chi connectivity index (χ0) is 13.2. The van der Waals surface area contributed by atoms with Crippen LogP contribution < -0.4 is 10.5 Å². The highest BCUT2D eigenvalue weighted by molar-refractivity contribution is 9.11. The van der Waals surface area contributed by atoms with Crippen molar-refractivity contribution in [2.45, 2.75) is 24.1 Å². The minimum atomic E-state index is -3.54. The molecule has 0 aliphatic heterocycles. The van der Waals surface area contributed by atoms with Crippen LogP contribution in [0, 0.1) is 5.92 Å². The lowest BCUT2D eigenvalue weighted by Crippen LogP contribution is -2.43. The number of hydrogen-bond acceptors (Lipinski definition) is 4. The van der Waals surface area contributed by atoms with Crippen LogP contribution in [0.2, 0.25) is 5.02 Å². The SMILES string of the molecule is CC(C)C(CN)NS(=O)(=O)c1cc(Cl)c(Br)s1. The van der Waals surface area contributed by atoms with Gasteiger partial charge in [-0.2, -0.15) is 0 Å². The van der Waals surface area contributed by atoms with Crippen LogP contribution in [0.5, 0.6) is 0 Å². The molecule has 1 rings (SSSR count). The number of sulfonamides is 1. The van der Waals surface area contributed by atoms with E-state index in [1.807, 2.05) is 13.8 Å². The summed E-state index contributed by atoms with van der Waals surface area (Å²) in [6.45, 7) is 4.09. The maximum Gasteiger partial charge on any atom is 0.250 e. The highest BCUT2D eigenvalue weighted by atomic mass is 79.9. The summed E-state index contributed by atoms with van der Waals surface area (Å²) in [6.07, 6.45) is 0. The van der Waals surface area contributed by atoms with Gasteiger partial charge in [-0.25, -0.2) is 13.1 Å². The van der Waals surface area contributed by atoms with E-state index in [0.717, 1.165) is 11.3 Å². The average molecular weight is 362 g/mol. The van der Waals surface area contributed by atoms with Crippen LogP contribution >= 0.6 is 38.9 Å². The Hall–Kier alpha value is 0.340. The molecule has 1 aromatic heterocycles. The van der Waals surface area contributed by atoms with Crippen molar-refractivity contribution in [1.29, 1.82) is 0 Å². The number of thiophene rings is 1. The van der Waals surface area contributed by atoms with Gasteiger partial charge in [-0.3, -0.25) is 0 Å². The lowest BCUT2D eigenvalue weighted by atomic mass is 10.1. The molecular formula is C9H14BrClN2O2S2. The molecule has 0 bridgehead atoms. The van der Waals surface area contributed by atoms with Crippen molar-refractivity contribution in [3.05, 3.63) is 14.9 Å². The molecule has 17 heavy (non-hydrogen) atoms. The fourth-order valence-corrected chi connectivity index (χ4v) is 4.99. The third-order valence-electron chi connectivity index (χ3n) is 2.25. The Morgan fingerprint density at radius 3 is 2.53 bits per heavy atom. The van der Waals surface area contributed by atoms with Crippen molar-refractivity contribution < 1.29 is 8.42 Å². The number of rotatable bonds is 5. The van der Waals surface area contributed by atoms with Gasteiger partial charge >= 0.3 is 0 Å². The monoisotopic (exact) mass is 360 g/mol. The van der Waals surface area contributed by atoms with Gasteiger partial charge in [0.25, 0.3) is 0 Å². The second-order valence-electron chi connectivity index (χ2n) is 3.89. The van der Waals surface area contributed by atoms with E-state index in [0.29, 0.717) is 8.81 Å². The summed E-state index contributed by atoms with van der Waals surface area (Å²) in [5, 5.41) is 0.393. The number of nitrogens with one attached hydrogen (secondary N) is 1. The summed E-state index contributed by atoms with van der Waals surface area (Å²) in [4.78, 5) is 0. The highest BCUT2D eigenvalue weighted by Gasteiger charge is 2.24. The minimum absolute atomic E-state index is 0.133. The van der Waals surface area contributed by atoms with Gasteiger partial charge in [0, 0.05) is 12.6 Å². The van der Waals surface area contributed by atoms with Crippen LogP contribution in [0.15, 0.2) is 14.1 Å². The molecule has 1 atom stereocenters. The second kappa shape index (κ2) is 5.99. The molecule has 1 unspecified atom stereocenters. The summed E-state index contributed by atoms with van der Waals surface area (Å²) in [6, 6.07) is 1.15. The molecule has 0 aliphatic rings. The molecule has 0 spiro atoms. The first kappa shape index (κ1) is 15.4. The Balaban J connectivity index is 2.96. The highest BCUT2D eigenvalue weighted by Crippen LogP contribution is 2.34. The van der Waals surface area contributed by atoms with Crippen molar-refractivity contribution in [1.82, 2.24) is 4.72 Å². The molecular weight excluding hydrogens is 348 g/mol. The van der Waals surface area contributed by atoms with Gasteiger partial charge in [0.2, 0.25) is 10.0 Å². The van der Waals surface area contributed by atoms with E-state index in [-0.39, 0.29) is 22.7 Å². The van der Waals surface area contributed by atoms with Gasteiger partial charge in [0.05, 0.1) is 8.81 Å². The number of halogens is 2. The topological polar surface area (TPSA) is 72.2 Å². The molecule has 1 heterocycles. The molecule has 98 valence electrons. The lowest BCUT2D eigenvalue weighted by molar-refractivity contribution is 0.455. The molecule has 0 amide bonds. The van der Waals surface area contributed by atoms with Gasteiger partial charge in [0.1, 0.15) is 4.21 Å². The first-order valence-corrected chi connectivity index (χ1v) is 8.42. The van der Waals surface area contributed by atoms with Crippen molar-refractivity contribution in [3.8, 4) is 0 Å². The fraction of sp³-hybridized carbons (Fsp3) is 0.556. The normalized spacial score (nSPS) is 14.2. The molecule has 8 heteroatoms. The van der Waals surface area contributed by atoms with E-state index in [4.69, 9.17) is 17.3 Å². The zero-order valence-corrected chi connectivity index (χ0v) is 13.4. The Labute approximate surface area is 119 Å². The van der Waals surface area contributed by atoms with Gasteiger partial charge < -0.3 is 5.73 Å². The zero-order valence-electron chi connectivity index (χ0n) is 9.41. The van der Waals surface area contributed by atoms with Crippen LogP contribution in [-0.4, -0.2) is 21.0 Å². The van der Waals surface area contributed by atoms with Crippen LogP contribution in [0.4, 0.5) is 0 Å². The van der Waals surface area contributed by atoms with Crippen molar-refractivity contribution in [2.75, 3.05) is 6.54 Å². The van der Waals surface area contributed by atoms with Crippen LogP contribution in [-0.2, 0) is 10.0 Å². The number of hydrogen-bond donors (Lipinski definition) is 2. The fourth-order valence-electron chi connectivity index (χ4n) is 1.17. The smallest absolute Gasteiger partial charge is 0.250 e. The summed E-state index contributed by atoms with van der Waals surface area (Å²) in [5.41, 5.74) is 5.54. The number of nitrogens with two attached hydrogens (primary N) is 1. The Morgan fingerprint density at radius 1 is 1.59 bits per heavy atom. The molecule has 0 saturated heterocycles. The lowest BCUT2D eigenvalue weighted by Gasteiger charge is -2.19.